The summed E-state index contributed by atoms with van der Waals surface area (Å²) in [7, 11) is 0. The van der Waals surface area contributed by atoms with Crippen LogP contribution in [0.1, 0.15) is 29.3 Å². The summed E-state index contributed by atoms with van der Waals surface area (Å²) in [6.07, 6.45) is 2.31. The van der Waals surface area contributed by atoms with E-state index < -0.39 is 0 Å². The van der Waals surface area contributed by atoms with Crippen molar-refractivity contribution in [2.75, 3.05) is 19.6 Å². The molecule has 3 atom stereocenters. The van der Waals surface area contributed by atoms with E-state index in [1.165, 1.54) is 10.5 Å². The molecule has 0 radical (unpaired) electrons. The second kappa shape index (κ2) is 8.37. The van der Waals surface area contributed by atoms with Crippen molar-refractivity contribution >= 4 is 45.0 Å². The summed E-state index contributed by atoms with van der Waals surface area (Å²) in [6.45, 7) is 8.43. The normalized spacial score (nSPS) is 24.8. The molecule has 1 aliphatic carbocycles. The monoisotopic (exact) mass is 495 g/mol. The molecule has 2 saturated heterocycles. The van der Waals surface area contributed by atoms with Crippen molar-refractivity contribution in [3.63, 3.8) is 0 Å². The minimum Gasteiger partial charge on any atom is -0.314 e. The number of nitrogens with one attached hydrogen (secondary N) is 1. The first-order chi connectivity index (χ1) is 16.4. The number of aromatic nitrogens is 2. The predicted octanol–water partition coefficient (Wildman–Crippen LogP) is 3.62. The highest BCUT2D eigenvalue weighted by Gasteiger charge is 2.58. The quantitative estimate of drug-likeness (QED) is 0.545. The first-order valence-corrected chi connectivity index (χ1v) is 12.9. The Balaban J connectivity index is 1.38. The second-order valence-electron chi connectivity index (χ2n) is 9.63. The third kappa shape index (κ3) is 3.73. The zero-order valence-corrected chi connectivity index (χ0v) is 20.7. The number of aryl methyl sites for hydroxylation is 1. The molecule has 3 aliphatic rings. The van der Waals surface area contributed by atoms with Gasteiger partial charge in [0.25, 0.3) is 0 Å². The molecule has 1 aromatic carbocycles. The number of hydrogen-bond donors (Lipinski definition) is 1. The van der Waals surface area contributed by atoms with Gasteiger partial charge in [-0.3, -0.25) is 19.4 Å². The SMILES string of the molecule is Cc1cc(Cl)cc(-c2ncnc3cc(CN4C(=O)C5CC5C4=O)sc23)c1CN1CCNC[C@@H]1C. The van der Waals surface area contributed by atoms with Gasteiger partial charge in [0, 0.05) is 47.7 Å². The fraction of sp³-hybridized carbons (Fsp3) is 0.440. The summed E-state index contributed by atoms with van der Waals surface area (Å²) in [5.41, 5.74) is 5.06. The molecule has 2 aromatic heterocycles. The number of thiophene rings is 1. The summed E-state index contributed by atoms with van der Waals surface area (Å²) in [6, 6.07) is 6.43. The minimum absolute atomic E-state index is 0.0309. The summed E-state index contributed by atoms with van der Waals surface area (Å²) >= 11 is 8.07. The van der Waals surface area contributed by atoms with Gasteiger partial charge in [0.15, 0.2) is 0 Å². The topological polar surface area (TPSA) is 78.4 Å². The summed E-state index contributed by atoms with van der Waals surface area (Å²) in [4.78, 5) is 38.9. The van der Waals surface area contributed by atoms with Crippen LogP contribution >= 0.6 is 22.9 Å². The van der Waals surface area contributed by atoms with Crippen molar-refractivity contribution in [1.29, 1.82) is 0 Å². The van der Waals surface area contributed by atoms with Crippen LogP contribution in [-0.2, 0) is 22.7 Å². The number of carbonyl (C=O) groups excluding carboxylic acids is 2. The van der Waals surface area contributed by atoms with E-state index >= 15 is 0 Å². The summed E-state index contributed by atoms with van der Waals surface area (Å²) in [5.74, 6) is -0.225. The number of piperidine rings is 1. The molecule has 1 saturated carbocycles. The fourth-order valence-corrected chi connectivity index (χ4v) is 6.63. The lowest BCUT2D eigenvalue weighted by molar-refractivity contribution is -0.141. The van der Waals surface area contributed by atoms with E-state index in [2.05, 4.69) is 34.0 Å². The molecule has 1 N–H and O–H groups in total. The first-order valence-electron chi connectivity index (χ1n) is 11.7. The molecule has 0 bridgehead atoms. The maximum Gasteiger partial charge on any atom is 0.233 e. The van der Waals surface area contributed by atoms with Gasteiger partial charge in [0.1, 0.15) is 6.33 Å². The number of amides is 2. The maximum atomic E-state index is 12.5. The standard InChI is InChI=1S/C25H26ClN5O2S/c1-13-5-15(26)6-17(20(13)11-30-4-3-27-9-14(30)2)22-23-21(28-12-29-22)7-16(34-23)10-31-24(32)18-8-19(18)25(31)33/h5-7,12,14,18-19,27H,3-4,8-11H2,1-2H3/t14-,18?,19?/m0/s1. The fourth-order valence-electron chi connectivity index (χ4n) is 5.25. The highest BCUT2D eigenvalue weighted by molar-refractivity contribution is 7.19. The van der Waals surface area contributed by atoms with E-state index in [1.54, 1.807) is 17.7 Å². The van der Waals surface area contributed by atoms with Crippen molar-refractivity contribution in [2.45, 2.75) is 39.4 Å². The van der Waals surface area contributed by atoms with Crippen molar-refractivity contribution in [3.05, 3.63) is 45.6 Å². The van der Waals surface area contributed by atoms with Crippen molar-refractivity contribution < 1.29 is 9.59 Å². The number of rotatable bonds is 5. The zero-order valence-electron chi connectivity index (χ0n) is 19.2. The Bertz CT molecular complexity index is 1300. The summed E-state index contributed by atoms with van der Waals surface area (Å²) < 4.78 is 0.957. The highest BCUT2D eigenvalue weighted by Crippen LogP contribution is 2.48. The number of halogens is 1. The van der Waals surface area contributed by atoms with Crippen LogP contribution in [0.5, 0.6) is 0 Å². The third-order valence-electron chi connectivity index (χ3n) is 7.33. The van der Waals surface area contributed by atoms with Crippen LogP contribution < -0.4 is 5.32 Å². The smallest absolute Gasteiger partial charge is 0.233 e. The lowest BCUT2D eigenvalue weighted by Crippen LogP contribution is -2.49. The van der Waals surface area contributed by atoms with Crippen LogP contribution in [0.25, 0.3) is 21.5 Å². The van der Waals surface area contributed by atoms with Crippen LogP contribution in [0, 0.1) is 18.8 Å². The van der Waals surface area contributed by atoms with Crippen molar-refractivity contribution in [3.8, 4) is 11.3 Å². The molecule has 7 nitrogen and oxygen atoms in total. The number of nitrogens with zero attached hydrogens (tertiary/aromatic N) is 4. The van der Waals surface area contributed by atoms with Gasteiger partial charge in [-0.15, -0.1) is 11.3 Å². The molecule has 0 spiro atoms. The Labute approximate surface area is 207 Å². The van der Waals surface area contributed by atoms with E-state index in [0.717, 1.165) is 64.5 Å². The molecular formula is C25H26ClN5O2S. The van der Waals surface area contributed by atoms with Gasteiger partial charge in [-0.25, -0.2) is 9.97 Å². The lowest BCUT2D eigenvalue weighted by Gasteiger charge is -2.34. The number of benzene rings is 1. The van der Waals surface area contributed by atoms with Crippen LogP contribution in [0.3, 0.4) is 0 Å². The molecule has 3 fully saturated rings. The van der Waals surface area contributed by atoms with Gasteiger partial charge >= 0.3 is 0 Å². The van der Waals surface area contributed by atoms with E-state index in [-0.39, 0.29) is 23.7 Å². The molecule has 2 unspecified atom stereocenters. The van der Waals surface area contributed by atoms with Gasteiger partial charge in [0.2, 0.25) is 11.8 Å². The van der Waals surface area contributed by atoms with Gasteiger partial charge in [-0.2, -0.15) is 0 Å². The first kappa shape index (κ1) is 22.1. The van der Waals surface area contributed by atoms with Crippen molar-refractivity contribution in [2.24, 2.45) is 11.8 Å². The number of fused-ring (bicyclic) bond motifs is 2. The van der Waals surface area contributed by atoms with E-state index in [1.807, 2.05) is 18.2 Å². The molecule has 176 valence electrons. The number of hydrogen-bond acceptors (Lipinski definition) is 7. The third-order valence-corrected chi connectivity index (χ3v) is 8.66. The molecule has 34 heavy (non-hydrogen) atoms. The highest BCUT2D eigenvalue weighted by atomic mass is 35.5. The van der Waals surface area contributed by atoms with Gasteiger partial charge in [0.05, 0.1) is 34.3 Å². The zero-order chi connectivity index (χ0) is 23.6. The van der Waals surface area contributed by atoms with E-state index in [4.69, 9.17) is 11.6 Å². The average Bonchev–Trinajstić information content (AvgIpc) is 3.45. The minimum atomic E-state index is -0.0818. The van der Waals surface area contributed by atoms with E-state index in [0.29, 0.717) is 17.6 Å². The van der Waals surface area contributed by atoms with Gasteiger partial charge in [-0.05, 0) is 49.6 Å². The number of imide groups is 1. The Morgan fingerprint density at radius 2 is 1.94 bits per heavy atom. The molecule has 2 amide bonds. The Morgan fingerprint density at radius 3 is 2.71 bits per heavy atom. The Morgan fingerprint density at radius 1 is 1.15 bits per heavy atom. The molecule has 3 aromatic rings. The van der Waals surface area contributed by atoms with Crippen LogP contribution in [-0.4, -0.2) is 57.3 Å². The van der Waals surface area contributed by atoms with Crippen LogP contribution in [0.2, 0.25) is 5.02 Å². The van der Waals surface area contributed by atoms with Crippen LogP contribution in [0.15, 0.2) is 24.5 Å². The molecular weight excluding hydrogens is 470 g/mol. The molecule has 6 rings (SSSR count). The number of likely N-dealkylation sites (tertiary alicyclic amines) is 1. The van der Waals surface area contributed by atoms with Crippen LogP contribution in [0.4, 0.5) is 0 Å². The second-order valence-corrected chi connectivity index (χ2v) is 11.2. The van der Waals surface area contributed by atoms with Gasteiger partial charge in [-0.1, -0.05) is 11.6 Å². The predicted molar refractivity (Wildman–Crippen MR) is 132 cm³/mol. The molecule has 2 aliphatic heterocycles. The van der Waals surface area contributed by atoms with Crippen molar-refractivity contribution in [1.82, 2.24) is 25.1 Å². The van der Waals surface area contributed by atoms with Gasteiger partial charge < -0.3 is 5.32 Å². The lowest BCUT2D eigenvalue weighted by atomic mass is 9.97. The van der Waals surface area contributed by atoms with E-state index in [9.17, 15) is 9.59 Å². The average molecular weight is 496 g/mol. The molecule has 9 heteroatoms. The Hall–Kier alpha value is -2.39. The number of carbonyl (C=O) groups is 2. The maximum absolute atomic E-state index is 12.5. The molecule has 4 heterocycles. The Kier molecular flexibility index (Phi) is 5.44. The number of piperazine rings is 1. The largest absolute Gasteiger partial charge is 0.314 e. The summed E-state index contributed by atoms with van der Waals surface area (Å²) in [5, 5.41) is 4.14.